The van der Waals surface area contributed by atoms with E-state index in [1.165, 1.54) is 17.9 Å². The van der Waals surface area contributed by atoms with Crippen molar-refractivity contribution in [2.45, 2.75) is 13.0 Å². The number of methoxy groups -OCH3 is 2. The third-order valence-corrected chi connectivity index (χ3v) is 4.37. The summed E-state index contributed by atoms with van der Waals surface area (Å²) in [7, 11) is 3.22. The molecule has 0 fully saturated rings. The van der Waals surface area contributed by atoms with Crippen molar-refractivity contribution in [2.24, 2.45) is 0 Å². The number of rotatable bonds is 5. The van der Waals surface area contributed by atoms with E-state index < -0.39 is 5.91 Å². The normalized spacial score (nSPS) is 15.7. The van der Waals surface area contributed by atoms with Crippen molar-refractivity contribution in [1.82, 2.24) is 10.9 Å². The summed E-state index contributed by atoms with van der Waals surface area (Å²) in [6, 6.07) is 7.09. The highest BCUT2D eigenvalue weighted by Gasteiger charge is 2.24. The largest absolute Gasteiger partial charge is 0.493 e. The predicted molar refractivity (Wildman–Crippen MR) is 92.0 cm³/mol. The van der Waals surface area contributed by atoms with Gasteiger partial charge in [0, 0.05) is 12.0 Å². The summed E-state index contributed by atoms with van der Waals surface area (Å²) in [5.41, 5.74) is 7.11. The van der Waals surface area contributed by atoms with Crippen LogP contribution in [0.5, 0.6) is 11.5 Å². The van der Waals surface area contributed by atoms with Crippen molar-refractivity contribution in [3.63, 3.8) is 0 Å². The van der Waals surface area contributed by atoms with Gasteiger partial charge in [0.2, 0.25) is 0 Å². The summed E-state index contributed by atoms with van der Waals surface area (Å²) in [6.45, 7) is 1.78. The molecule has 1 aromatic carbocycles. The van der Waals surface area contributed by atoms with Gasteiger partial charge in [-0.3, -0.25) is 20.4 Å². The van der Waals surface area contributed by atoms with E-state index in [0.717, 1.165) is 23.4 Å². The number of nitrogens with one attached hydrogen (secondary N) is 3. The first-order valence-corrected chi connectivity index (χ1v) is 8.30. The van der Waals surface area contributed by atoms with Gasteiger partial charge in [0.1, 0.15) is 6.54 Å². The van der Waals surface area contributed by atoms with Crippen LogP contribution in [0.1, 0.15) is 21.7 Å². The molecule has 0 radical (unpaired) electrons. The van der Waals surface area contributed by atoms with Crippen LogP contribution in [0.4, 0.5) is 0 Å². The summed E-state index contributed by atoms with van der Waals surface area (Å²) in [5, 5.41) is 0. The van der Waals surface area contributed by atoms with Gasteiger partial charge in [-0.1, -0.05) is 0 Å². The first-order chi connectivity index (χ1) is 12.6. The van der Waals surface area contributed by atoms with Gasteiger partial charge in [0.25, 0.3) is 5.91 Å². The molecular weight excluding hydrogens is 338 g/mol. The van der Waals surface area contributed by atoms with Crippen LogP contribution in [0.15, 0.2) is 34.9 Å². The Morgan fingerprint density at radius 2 is 1.88 bits per heavy atom. The number of fused-ring (bicyclic) bond motifs is 1. The van der Waals surface area contributed by atoms with E-state index in [-0.39, 0.29) is 18.2 Å². The van der Waals surface area contributed by atoms with Crippen molar-refractivity contribution in [3.05, 3.63) is 47.4 Å². The molecule has 1 aliphatic rings. The number of amides is 2. The molecule has 0 aliphatic carbocycles. The van der Waals surface area contributed by atoms with Gasteiger partial charge in [0.15, 0.2) is 23.8 Å². The highest BCUT2D eigenvalue weighted by molar-refractivity contribution is 5.92. The minimum absolute atomic E-state index is 0.144. The van der Waals surface area contributed by atoms with Crippen molar-refractivity contribution in [2.75, 3.05) is 27.3 Å². The van der Waals surface area contributed by atoms with Gasteiger partial charge in [-0.15, -0.1) is 0 Å². The fourth-order valence-electron chi connectivity index (χ4n) is 3.05. The third kappa shape index (κ3) is 3.97. The molecule has 26 heavy (non-hydrogen) atoms. The second-order valence-corrected chi connectivity index (χ2v) is 6.06. The molecule has 2 heterocycles. The van der Waals surface area contributed by atoms with Gasteiger partial charge in [-0.25, -0.2) is 0 Å². The molecule has 2 amide bonds. The number of carbonyl (C=O) groups is 2. The van der Waals surface area contributed by atoms with E-state index in [1.807, 2.05) is 12.1 Å². The SMILES string of the molecule is COc1cc2c(cc1OC)C[NH+](CC(=O)NNC(=O)c1ccco1)CC2. The lowest BCUT2D eigenvalue weighted by molar-refractivity contribution is -0.908. The number of carbonyl (C=O) groups excluding carboxylic acids is 2. The molecule has 138 valence electrons. The lowest BCUT2D eigenvalue weighted by Gasteiger charge is -2.26. The number of quaternary nitrogens is 1. The van der Waals surface area contributed by atoms with Gasteiger partial charge >= 0.3 is 5.91 Å². The van der Waals surface area contributed by atoms with Crippen LogP contribution in [0, 0.1) is 0 Å². The summed E-state index contributed by atoms with van der Waals surface area (Å²) >= 11 is 0. The number of benzene rings is 1. The Bertz CT molecular complexity index is 788. The summed E-state index contributed by atoms with van der Waals surface area (Å²) in [5.74, 6) is 0.796. The topological polar surface area (TPSA) is 94.2 Å². The van der Waals surface area contributed by atoms with Crippen molar-refractivity contribution < 1.29 is 28.4 Å². The van der Waals surface area contributed by atoms with Crippen LogP contribution in [0.3, 0.4) is 0 Å². The Kier molecular flexibility index (Phi) is 5.43. The van der Waals surface area contributed by atoms with Crippen molar-refractivity contribution in [1.29, 1.82) is 0 Å². The number of furan rings is 1. The molecule has 2 aromatic rings. The fraction of sp³-hybridized carbons (Fsp3) is 0.333. The number of hydrogen-bond donors (Lipinski definition) is 3. The molecule has 0 saturated heterocycles. The van der Waals surface area contributed by atoms with E-state index >= 15 is 0 Å². The molecule has 1 atom stereocenters. The van der Waals surface area contributed by atoms with Crippen LogP contribution in [0.25, 0.3) is 0 Å². The van der Waals surface area contributed by atoms with Crippen molar-refractivity contribution in [3.8, 4) is 11.5 Å². The maximum absolute atomic E-state index is 12.1. The average molecular weight is 360 g/mol. The summed E-state index contributed by atoms with van der Waals surface area (Å²) in [4.78, 5) is 24.9. The minimum atomic E-state index is -0.487. The lowest BCUT2D eigenvalue weighted by atomic mass is 9.99. The van der Waals surface area contributed by atoms with E-state index in [2.05, 4.69) is 10.9 Å². The zero-order valence-electron chi connectivity index (χ0n) is 14.8. The zero-order valence-corrected chi connectivity index (χ0v) is 14.8. The first-order valence-electron chi connectivity index (χ1n) is 8.30. The van der Waals surface area contributed by atoms with Crippen LogP contribution in [-0.4, -0.2) is 39.1 Å². The highest BCUT2D eigenvalue weighted by Crippen LogP contribution is 2.31. The molecule has 1 unspecified atom stereocenters. The zero-order chi connectivity index (χ0) is 18.5. The lowest BCUT2D eigenvalue weighted by Crippen LogP contribution is -3.13. The Morgan fingerprint density at radius 3 is 2.54 bits per heavy atom. The maximum atomic E-state index is 12.1. The molecule has 3 N–H and O–H groups in total. The Labute approximate surface area is 151 Å². The molecule has 8 heteroatoms. The molecule has 0 saturated carbocycles. The smallest absolute Gasteiger partial charge is 0.305 e. The number of hydrogen-bond acceptors (Lipinski definition) is 5. The molecule has 1 aliphatic heterocycles. The fourth-order valence-corrected chi connectivity index (χ4v) is 3.05. The second kappa shape index (κ2) is 7.92. The van der Waals surface area contributed by atoms with E-state index in [4.69, 9.17) is 13.9 Å². The molecule has 3 rings (SSSR count). The monoisotopic (exact) mass is 360 g/mol. The van der Waals surface area contributed by atoms with E-state index in [0.29, 0.717) is 18.0 Å². The van der Waals surface area contributed by atoms with Crippen LogP contribution < -0.4 is 25.2 Å². The van der Waals surface area contributed by atoms with Crippen molar-refractivity contribution >= 4 is 11.8 Å². The molecule has 0 bridgehead atoms. The quantitative estimate of drug-likeness (QED) is 0.637. The highest BCUT2D eigenvalue weighted by atomic mass is 16.5. The van der Waals surface area contributed by atoms with Gasteiger partial charge in [-0.2, -0.15) is 0 Å². The Morgan fingerprint density at radius 1 is 1.15 bits per heavy atom. The van der Waals surface area contributed by atoms with Crippen LogP contribution >= 0.6 is 0 Å². The third-order valence-electron chi connectivity index (χ3n) is 4.37. The van der Waals surface area contributed by atoms with E-state index in [9.17, 15) is 9.59 Å². The van der Waals surface area contributed by atoms with Gasteiger partial charge < -0.3 is 18.8 Å². The molecule has 1 aromatic heterocycles. The van der Waals surface area contributed by atoms with Gasteiger partial charge in [-0.05, 0) is 29.8 Å². The summed E-state index contributed by atoms with van der Waals surface area (Å²) in [6.07, 6.45) is 2.24. The Balaban J connectivity index is 1.55. The number of ether oxygens (including phenoxy) is 2. The van der Waals surface area contributed by atoms with E-state index in [1.54, 1.807) is 20.3 Å². The molecular formula is C18H22N3O5+. The molecule has 0 spiro atoms. The Hall–Kier alpha value is -3.00. The van der Waals surface area contributed by atoms with Gasteiger partial charge in [0.05, 0.1) is 27.0 Å². The van der Waals surface area contributed by atoms with Crippen LogP contribution in [0.2, 0.25) is 0 Å². The predicted octanol–water partition coefficient (Wildman–Crippen LogP) is -0.301. The minimum Gasteiger partial charge on any atom is -0.493 e. The van der Waals surface area contributed by atoms with Crippen LogP contribution in [-0.2, 0) is 17.8 Å². The second-order valence-electron chi connectivity index (χ2n) is 6.06. The summed E-state index contributed by atoms with van der Waals surface area (Å²) < 4.78 is 15.7. The standard InChI is InChI=1S/C18H21N3O5/c1-24-15-8-12-5-6-21(10-13(12)9-16(15)25-2)11-17(22)19-20-18(23)14-4-3-7-26-14/h3-4,7-9H,5-6,10-11H2,1-2H3,(H,19,22)(H,20,23)/p+1. The average Bonchev–Trinajstić information content (AvgIpc) is 3.19. The first kappa shape index (κ1) is 17.8. The maximum Gasteiger partial charge on any atom is 0.305 e. The molecule has 8 nitrogen and oxygen atoms in total. The number of hydrazine groups is 1.